The van der Waals surface area contributed by atoms with Gasteiger partial charge in [-0.15, -0.1) is 0 Å². The lowest BCUT2D eigenvalue weighted by atomic mass is 9.92. The molecule has 1 aliphatic carbocycles. The zero-order valence-electron chi connectivity index (χ0n) is 10.3. The summed E-state index contributed by atoms with van der Waals surface area (Å²) in [6, 6.07) is 6.67. The number of benzene rings is 1. The number of nitrogens with one attached hydrogen (secondary N) is 1. The minimum atomic E-state index is -0.438. The molecule has 2 rings (SSSR count). The van der Waals surface area contributed by atoms with E-state index in [1.54, 1.807) is 24.3 Å². The third kappa shape index (κ3) is 3.23. The van der Waals surface area contributed by atoms with Crippen molar-refractivity contribution in [2.24, 2.45) is 0 Å². The number of carbonyl (C=O) groups excluding carboxylic acids is 1. The molecule has 1 aromatic rings. The number of aliphatic hydroxyl groups is 1. The fraction of sp³-hybridized carbons (Fsp3) is 0.500. The Balaban J connectivity index is 1.90. The van der Waals surface area contributed by atoms with E-state index in [0.29, 0.717) is 5.56 Å². The van der Waals surface area contributed by atoms with E-state index in [-0.39, 0.29) is 24.1 Å². The van der Waals surface area contributed by atoms with Gasteiger partial charge in [-0.05, 0) is 18.9 Å². The first-order valence-electron chi connectivity index (χ1n) is 6.41. The predicted octanol–water partition coefficient (Wildman–Crippen LogP) is 1.35. The number of phenolic OH excluding ortho intramolecular Hbond substituents is 1. The summed E-state index contributed by atoms with van der Waals surface area (Å²) < 4.78 is 0. The molecule has 18 heavy (non-hydrogen) atoms. The summed E-state index contributed by atoms with van der Waals surface area (Å²) in [5, 5.41) is 22.2. The van der Waals surface area contributed by atoms with Gasteiger partial charge >= 0.3 is 0 Å². The Hall–Kier alpha value is -1.55. The van der Waals surface area contributed by atoms with Crippen LogP contribution in [0.5, 0.6) is 5.75 Å². The van der Waals surface area contributed by atoms with Crippen molar-refractivity contribution in [1.29, 1.82) is 0 Å². The van der Waals surface area contributed by atoms with Gasteiger partial charge in [0.15, 0.2) is 0 Å². The summed E-state index contributed by atoms with van der Waals surface area (Å²) in [6.45, 7) is 0. The number of rotatable bonds is 3. The standard InChI is InChI=1S/C14H19NO3/c16-12-7-3-1-5-10(12)9-14(18)15-11-6-2-4-8-13(11)17/h1,3,5,7,11,13,16-17H,2,4,6,8-9H2,(H,15,18)/t11-,13-/m0/s1. The molecule has 1 amide bonds. The van der Waals surface area contributed by atoms with Crippen molar-refractivity contribution in [3.05, 3.63) is 29.8 Å². The second-order valence-electron chi connectivity index (χ2n) is 4.83. The molecule has 0 aliphatic heterocycles. The SMILES string of the molecule is O=C(Cc1ccccc1O)N[C@H]1CCCC[C@@H]1O. The molecule has 1 aliphatic rings. The Bertz CT molecular complexity index is 419. The average molecular weight is 249 g/mol. The Morgan fingerprint density at radius 2 is 2.00 bits per heavy atom. The van der Waals surface area contributed by atoms with Crippen LogP contribution in [-0.4, -0.2) is 28.3 Å². The maximum atomic E-state index is 11.8. The second kappa shape index (κ2) is 5.87. The van der Waals surface area contributed by atoms with E-state index in [4.69, 9.17) is 0 Å². The minimum Gasteiger partial charge on any atom is -0.508 e. The van der Waals surface area contributed by atoms with Gasteiger partial charge in [-0.1, -0.05) is 31.0 Å². The molecular weight excluding hydrogens is 230 g/mol. The van der Waals surface area contributed by atoms with Crippen molar-refractivity contribution in [1.82, 2.24) is 5.32 Å². The topological polar surface area (TPSA) is 69.6 Å². The van der Waals surface area contributed by atoms with Crippen LogP contribution in [0.1, 0.15) is 31.2 Å². The number of phenols is 1. The number of hydrogen-bond acceptors (Lipinski definition) is 3. The van der Waals surface area contributed by atoms with Crippen LogP contribution in [0.3, 0.4) is 0 Å². The third-order valence-electron chi connectivity index (χ3n) is 3.42. The number of aromatic hydroxyl groups is 1. The van der Waals surface area contributed by atoms with Crippen LogP contribution in [0.15, 0.2) is 24.3 Å². The van der Waals surface area contributed by atoms with Gasteiger partial charge in [0.05, 0.1) is 18.6 Å². The van der Waals surface area contributed by atoms with Gasteiger partial charge in [-0.2, -0.15) is 0 Å². The third-order valence-corrected chi connectivity index (χ3v) is 3.42. The van der Waals surface area contributed by atoms with Gasteiger partial charge in [-0.25, -0.2) is 0 Å². The van der Waals surface area contributed by atoms with E-state index in [2.05, 4.69) is 5.32 Å². The van der Waals surface area contributed by atoms with E-state index < -0.39 is 6.10 Å². The van der Waals surface area contributed by atoms with Crippen LogP contribution >= 0.6 is 0 Å². The smallest absolute Gasteiger partial charge is 0.224 e. The number of para-hydroxylation sites is 1. The molecule has 3 N–H and O–H groups in total. The van der Waals surface area contributed by atoms with Crippen LogP contribution in [-0.2, 0) is 11.2 Å². The molecule has 0 heterocycles. The molecule has 0 saturated heterocycles. The Morgan fingerprint density at radius 3 is 2.72 bits per heavy atom. The molecule has 0 aromatic heterocycles. The van der Waals surface area contributed by atoms with Crippen LogP contribution < -0.4 is 5.32 Å². The predicted molar refractivity (Wildman–Crippen MR) is 68.2 cm³/mol. The van der Waals surface area contributed by atoms with Crippen molar-refractivity contribution in [3.8, 4) is 5.75 Å². The summed E-state index contributed by atoms with van der Waals surface area (Å²) in [4.78, 5) is 11.8. The fourth-order valence-corrected chi connectivity index (χ4v) is 2.37. The van der Waals surface area contributed by atoms with Gasteiger partial charge < -0.3 is 15.5 Å². The molecule has 4 heteroatoms. The molecule has 0 bridgehead atoms. The Kier molecular flexibility index (Phi) is 4.20. The molecule has 1 aromatic carbocycles. The summed E-state index contributed by atoms with van der Waals surface area (Å²) in [5.41, 5.74) is 0.611. The quantitative estimate of drug-likeness (QED) is 0.757. The minimum absolute atomic E-state index is 0.136. The van der Waals surface area contributed by atoms with Crippen molar-refractivity contribution in [3.63, 3.8) is 0 Å². The maximum absolute atomic E-state index is 11.8. The first kappa shape index (κ1) is 12.9. The zero-order valence-corrected chi connectivity index (χ0v) is 10.3. The zero-order chi connectivity index (χ0) is 13.0. The highest BCUT2D eigenvalue weighted by molar-refractivity contribution is 5.79. The number of amides is 1. The number of carbonyl (C=O) groups is 1. The average Bonchev–Trinajstić information content (AvgIpc) is 2.35. The van der Waals surface area contributed by atoms with Crippen molar-refractivity contribution < 1.29 is 15.0 Å². The highest BCUT2D eigenvalue weighted by atomic mass is 16.3. The number of aliphatic hydroxyl groups excluding tert-OH is 1. The molecule has 98 valence electrons. The lowest BCUT2D eigenvalue weighted by molar-refractivity contribution is -0.122. The highest BCUT2D eigenvalue weighted by Gasteiger charge is 2.24. The van der Waals surface area contributed by atoms with E-state index in [0.717, 1.165) is 25.7 Å². The van der Waals surface area contributed by atoms with Crippen molar-refractivity contribution in [2.45, 2.75) is 44.2 Å². The fourth-order valence-electron chi connectivity index (χ4n) is 2.37. The summed E-state index contributed by atoms with van der Waals surface area (Å²) in [7, 11) is 0. The van der Waals surface area contributed by atoms with E-state index in [1.807, 2.05) is 0 Å². The first-order chi connectivity index (χ1) is 8.66. The Labute approximate surface area is 107 Å². The van der Waals surface area contributed by atoms with Gasteiger partial charge in [0.2, 0.25) is 5.91 Å². The van der Waals surface area contributed by atoms with Crippen LogP contribution in [0.2, 0.25) is 0 Å². The molecule has 0 spiro atoms. The summed E-state index contributed by atoms with van der Waals surface area (Å²) >= 11 is 0. The van der Waals surface area contributed by atoms with Gasteiger partial charge in [0.25, 0.3) is 0 Å². The molecule has 1 fully saturated rings. The Morgan fingerprint density at radius 1 is 1.28 bits per heavy atom. The summed E-state index contributed by atoms with van der Waals surface area (Å²) in [5.74, 6) is -0.0145. The van der Waals surface area contributed by atoms with Crippen LogP contribution in [0, 0.1) is 0 Å². The van der Waals surface area contributed by atoms with Crippen LogP contribution in [0.25, 0.3) is 0 Å². The number of hydrogen-bond donors (Lipinski definition) is 3. The summed E-state index contributed by atoms with van der Waals surface area (Å²) in [6.07, 6.45) is 3.35. The van der Waals surface area contributed by atoms with Crippen molar-refractivity contribution >= 4 is 5.91 Å². The van der Waals surface area contributed by atoms with Crippen molar-refractivity contribution in [2.75, 3.05) is 0 Å². The van der Waals surface area contributed by atoms with Gasteiger partial charge in [-0.3, -0.25) is 4.79 Å². The monoisotopic (exact) mass is 249 g/mol. The van der Waals surface area contributed by atoms with E-state index >= 15 is 0 Å². The molecule has 0 radical (unpaired) electrons. The van der Waals surface area contributed by atoms with Gasteiger partial charge in [0.1, 0.15) is 5.75 Å². The lowest BCUT2D eigenvalue weighted by Gasteiger charge is -2.28. The van der Waals surface area contributed by atoms with E-state index in [9.17, 15) is 15.0 Å². The largest absolute Gasteiger partial charge is 0.508 e. The lowest BCUT2D eigenvalue weighted by Crippen LogP contribution is -2.45. The van der Waals surface area contributed by atoms with E-state index in [1.165, 1.54) is 0 Å². The molecule has 0 unspecified atom stereocenters. The molecule has 4 nitrogen and oxygen atoms in total. The maximum Gasteiger partial charge on any atom is 0.224 e. The van der Waals surface area contributed by atoms with Crippen LogP contribution in [0.4, 0.5) is 0 Å². The molecular formula is C14H19NO3. The van der Waals surface area contributed by atoms with Gasteiger partial charge in [0, 0.05) is 5.56 Å². The normalized spacial score (nSPS) is 23.6. The second-order valence-corrected chi connectivity index (χ2v) is 4.83. The molecule has 1 saturated carbocycles. The molecule has 2 atom stereocenters. The highest BCUT2D eigenvalue weighted by Crippen LogP contribution is 2.19. The first-order valence-corrected chi connectivity index (χ1v) is 6.41.